The number of amides is 1. The van der Waals surface area contributed by atoms with Gasteiger partial charge in [-0.05, 0) is 40.5 Å². The second-order valence-corrected chi connectivity index (χ2v) is 6.37. The van der Waals surface area contributed by atoms with Crippen LogP contribution in [-0.4, -0.2) is 41.9 Å². The van der Waals surface area contributed by atoms with Crippen LogP contribution >= 0.6 is 0 Å². The van der Waals surface area contributed by atoms with Gasteiger partial charge in [-0.15, -0.1) is 0 Å². The third-order valence-corrected chi connectivity index (χ3v) is 3.54. The fourth-order valence-electron chi connectivity index (χ4n) is 2.32. The molecule has 2 aliphatic rings. The van der Waals surface area contributed by atoms with Crippen LogP contribution in [0.2, 0.25) is 0 Å². The van der Waals surface area contributed by atoms with Gasteiger partial charge in [-0.25, -0.2) is 4.79 Å². The maximum Gasteiger partial charge on any atom is 0.410 e. The van der Waals surface area contributed by atoms with Crippen LogP contribution in [0.5, 0.6) is 0 Å². The van der Waals surface area contributed by atoms with Crippen molar-refractivity contribution in [3.8, 4) is 0 Å². The summed E-state index contributed by atoms with van der Waals surface area (Å²) in [7, 11) is 0. The van der Waals surface area contributed by atoms with Crippen LogP contribution in [0.15, 0.2) is 0 Å². The molecule has 2 rings (SSSR count). The molecule has 2 aliphatic heterocycles. The van der Waals surface area contributed by atoms with E-state index in [0.717, 1.165) is 32.5 Å². The third kappa shape index (κ3) is 3.12. The van der Waals surface area contributed by atoms with Crippen molar-refractivity contribution < 1.29 is 14.3 Å². The standard InChI is InChI=1S/C13H23NO3/c1-12(2,3)17-11(15)14-7-5-6-10(8-14)13(4)9-16-13/h10H,5-9H2,1-4H3/t10-,13-/m0/s1. The Kier molecular flexibility index (Phi) is 3.10. The first-order valence-corrected chi connectivity index (χ1v) is 6.42. The summed E-state index contributed by atoms with van der Waals surface area (Å²) in [4.78, 5) is 13.8. The summed E-state index contributed by atoms with van der Waals surface area (Å²) in [5.41, 5.74) is -0.398. The van der Waals surface area contributed by atoms with E-state index in [4.69, 9.17) is 9.47 Å². The number of nitrogens with zero attached hydrogens (tertiary/aromatic N) is 1. The quantitative estimate of drug-likeness (QED) is 0.662. The maximum atomic E-state index is 12.0. The van der Waals surface area contributed by atoms with Crippen LogP contribution in [0.25, 0.3) is 0 Å². The molecule has 0 aromatic carbocycles. The van der Waals surface area contributed by atoms with E-state index in [1.165, 1.54) is 0 Å². The number of carbonyl (C=O) groups is 1. The van der Waals surface area contributed by atoms with Gasteiger partial charge in [0.15, 0.2) is 0 Å². The van der Waals surface area contributed by atoms with Gasteiger partial charge in [-0.2, -0.15) is 0 Å². The largest absolute Gasteiger partial charge is 0.444 e. The first-order chi connectivity index (χ1) is 7.80. The molecular weight excluding hydrogens is 218 g/mol. The Morgan fingerprint density at radius 1 is 1.47 bits per heavy atom. The number of hydrogen-bond donors (Lipinski definition) is 0. The Labute approximate surface area is 103 Å². The highest BCUT2D eigenvalue weighted by Gasteiger charge is 2.48. The van der Waals surface area contributed by atoms with Crippen LogP contribution in [0.1, 0.15) is 40.5 Å². The van der Waals surface area contributed by atoms with E-state index < -0.39 is 5.60 Å². The van der Waals surface area contributed by atoms with Crippen LogP contribution in [0.3, 0.4) is 0 Å². The smallest absolute Gasteiger partial charge is 0.410 e. The summed E-state index contributed by atoms with van der Waals surface area (Å²) in [6.45, 7) is 10.2. The molecule has 1 amide bonds. The van der Waals surface area contributed by atoms with E-state index in [2.05, 4.69) is 6.92 Å². The zero-order valence-electron chi connectivity index (χ0n) is 11.3. The highest BCUT2D eigenvalue weighted by atomic mass is 16.6. The molecule has 0 aromatic heterocycles. The van der Waals surface area contributed by atoms with Crippen LogP contribution in [0, 0.1) is 5.92 Å². The Morgan fingerprint density at radius 3 is 2.65 bits per heavy atom. The minimum absolute atomic E-state index is 0.0146. The minimum atomic E-state index is -0.413. The van der Waals surface area contributed by atoms with Gasteiger partial charge in [0.05, 0.1) is 12.2 Å². The fraction of sp³-hybridized carbons (Fsp3) is 0.923. The predicted octanol–water partition coefficient (Wildman–Crippen LogP) is 2.42. The molecular formula is C13H23NO3. The van der Waals surface area contributed by atoms with Crippen molar-refractivity contribution in [2.75, 3.05) is 19.7 Å². The fourth-order valence-corrected chi connectivity index (χ4v) is 2.32. The molecule has 0 bridgehead atoms. The summed E-state index contributed by atoms with van der Waals surface area (Å²) >= 11 is 0. The molecule has 4 heteroatoms. The molecule has 0 unspecified atom stereocenters. The minimum Gasteiger partial charge on any atom is -0.444 e. The monoisotopic (exact) mass is 241 g/mol. The molecule has 2 atom stereocenters. The second-order valence-electron chi connectivity index (χ2n) is 6.37. The molecule has 2 fully saturated rings. The number of epoxide rings is 1. The SMILES string of the molecule is CC(C)(C)OC(=O)N1CCC[C@H]([C@]2(C)CO2)C1. The Balaban J connectivity index is 1.91. The average Bonchev–Trinajstić information content (AvgIpc) is 2.96. The van der Waals surface area contributed by atoms with Gasteiger partial charge in [-0.1, -0.05) is 0 Å². The van der Waals surface area contributed by atoms with Gasteiger partial charge in [-0.3, -0.25) is 0 Å². The molecule has 4 nitrogen and oxygen atoms in total. The first-order valence-electron chi connectivity index (χ1n) is 6.42. The van der Waals surface area contributed by atoms with E-state index in [1.807, 2.05) is 25.7 Å². The van der Waals surface area contributed by atoms with Crippen molar-refractivity contribution >= 4 is 6.09 Å². The number of ether oxygens (including phenoxy) is 2. The second kappa shape index (κ2) is 4.16. The highest BCUT2D eigenvalue weighted by Crippen LogP contribution is 2.39. The van der Waals surface area contributed by atoms with Crippen molar-refractivity contribution in [2.45, 2.75) is 51.7 Å². The molecule has 0 saturated carbocycles. The molecule has 0 radical (unpaired) electrons. The van der Waals surface area contributed by atoms with Crippen molar-refractivity contribution in [3.63, 3.8) is 0 Å². The van der Waals surface area contributed by atoms with Gasteiger partial charge in [0.2, 0.25) is 0 Å². The molecule has 0 aliphatic carbocycles. The van der Waals surface area contributed by atoms with Gasteiger partial charge in [0.25, 0.3) is 0 Å². The molecule has 2 saturated heterocycles. The van der Waals surface area contributed by atoms with Crippen molar-refractivity contribution in [1.82, 2.24) is 4.90 Å². The van der Waals surface area contributed by atoms with Crippen LogP contribution in [0.4, 0.5) is 4.79 Å². The lowest BCUT2D eigenvalue weighted by atomic mass is 9.87. The summed E-state index contributed by atoms with van der Waals surface area (Å²) in [6, 6.07) is 0. The summed E-state index contributed by atoms with van der Waals surface area (Å²) in [6.07, 6.45) is 2.00. The van der Waals surface area contributed by atoms with E-state index >= 15 is 0 Å². The van der Waals surface area contributed by atoms with E-state index in [1.54, 1.807) is 0 Å². The van der Waals surface area contributed by atoms with Gasteiger partial charge in [0.1, 0.15) is 5.60 Å². The third-order valence-electron chi connectivity index (χ3n) is 3.54. The van der Waals surface area contributed by atoms with E-state index in [-0.39, 0.29) is 11.7 Å². The van der Waals surface area contributed by atoms with Crippen molar-refractivity contribution in [1.29, 1.82) is 0 Å². The molecule has 0 spiro atoms. The number of hydrogen-bond acceptors (Lipinski definition) is 3. The lowest BCUT2D eigenvalue weighted by molar-refractivity contribution is 0.0118. The van der Waals surface area contributed by atoms with Gasteiger partial charge >= 0.3 is 6.09 Å². The molecule has 17 heavy (non-hydrogen) atoms. The Morgan fingerprint density at radius 2 is 2.12 bits per heavy atom. The average molecular weight is 241 g/mol. The summed E-state index contributed by atoms with van der Waals surface area (Å²) in [5.74, 6) is 0.462. The summed E-state index contributed by atoms with van der Waals surface area (Å²) < 4.78 is 10.9. The van der Waals surface area contributed by atoms with E-state index in [0.29, 0.717) is 5.92 Å². The highest BCUT2D eigenvalue weighted by molar-refractivity contribution is 5.68. The topological polar surface area (TPSA) is 42.1 Å². The van der Waals surface area contributed by atoms with Crippen molar-refractivity contribution in [2.24, 2.45) is 5.92 Å². The molecule has 98 valence electrons. The number of rotatable bonds is 1. The zero-order chi connectivity index (χ0) is 12.7. The van der Waals surface area contributed by atoms with Crippen molar-refractivity contribution in [3.05, 3.63) is 0 Å². The van der Waals surface area contributed by atoms with E-state index in [9.17, 15) is 4.79 Å². The normalized spacial score (nSPS) is 33.4. The molecule has 2 heterocycles. The number of carbonyl (C=O) groups excluding carboxylic acids is 1. The maximum absolute atomic E-state index is 12.0. The lowest BCUT2D eigenvalue weighted by Crippen LogP contribution is -2.46. The number of likely N-dealkylation sites (tertiary alicyclic amines) is 1. The summed E-state index contributed by atoms with van der Waals surface area (Å²) in [5, 5.41) is 0. The Bertz CT molecular complexity index is 304. The van der Waals surface area contributed by atoms with Crippen LogP contribution < -0.4 is 0 Å². The van der Waals surface area contributed by atoms with Gasteiger partial charge in [0, 0.05) is 19.0 Å². The van der Waals surface area contributed by atoms with Gasteiger partial charge < -0.3 is 14.4 Å². The molecule has 0 N–H and O–H groups in total. The molecule has 0 aromatic rings. The number of piperidine rings is 1. The zero-order valence-corrected chi connectivity index (χ0v) is 11.3. The lowest BCUT2D eigenvalue weighted by Gasteiger charge is -2.35. The Hall–Kier alpha value is -0.770. The first kappa shape index (κ1) is 12.7. The van der Waals surface area contributed by atoms with Crippen LogP contribution in [-0.2, 0) is 9.47 Å². The predicted molar refractivity (Wildman–Crippen MR) is 64.9 cm³/mol.